The fraction of sp³-hybridized carbons (Fsp3) is 0.364. The largest absolute Gasteiger partial charge is 0.496 e. The first-order valence-electron chi connectivity index (χ1n) is 4.95. The van der Waals surface area contributed by atoms with Crippen molar-refractivity contribution >= 4 is 23.3 Å². The number of ether oxygens (including phenoxy) is 1. The van der Waals surface area contributed by atoms with E-state index in [4.69, 9.17) is 10.5 Å². The van der Waals surface area contributed by atoms with Gasteiger partial charge in [-0.3, -0.25) is 4.68 Å². The number of fused-ring (bicyclic) bond motifs is 1. The number of aryl methyl sites for hydroxylation is 1. The molecular weight excluding hydrogens is 226 g/mol. The lowest BCUT2D eigenvalue weighted by Crippen LogP contribution is -2.04. The van der Waals surface area contributed by atoms with Crippen molar-refractivity contribution in [1.82, 2.24) is 9.78 Å². The van der Waals surface area contributed by atoms with E-state index in [1.807, 2.05) is 24.0 Å². The number of halogens is 1. The zero-order valence-corrected chi connectivity index (χ0v) is 10.3. The SMILES string of the molecule is COc1cc2cnn(C)c2cc1CCN.Cl. The van der Waals surface area contributed by atoms with E-state index in [0.29, 0.717) is 6.54 Å². The maximum absolute atomic E-state index is 5.56. The summed E-state index contributed by atoms with van der Waals surface area (Å²) in [7, 11) is 3.61. The van der Waals surface area contributed by atoms with Gasteiger partial charge in [-0.1, -0.05) is 0 Å². The average Bonchev–Trinajstić information content (AvgIpc) is 2.60. The molecule has 0 bridgehead atoms. The number of hydrogen-bond donors (Lipinski definition) is 1. The van der Waals surface area contributed by atoms with Gasteiger partial charge in [-0.15, -0.1) is 12.4 Å². The molecule has 1 heterocycles. The van der Waals surface area contributed by atoms with Crippen LogP contribution in [0.5, 0.6) is 5.75 Å². The molecule has 0 radical (unpaired) electrons. The van der Waals surface area contributed by atoms with Crippen LogP contribution < -0.4 is 10.5 Å². The van der Waals surface area contributed by atoms with Gasteiger partial charge in [-0.05, 0) is 30.7 Å². The van der Waals surface area contributed by atoms with Crippen molar-refractivity contribution in [1.29, 1.82) is 0 Å². The summed E-state index contributed by atoms with van der Waals surface area (Å²) in [4.78, 5) is 0. The second-order valence-electron chi connectivity index (χ2n) is 3.53. The normalized spacial score (nSPS) is 10.2. The smallest absolute Gasteiger partial charge is 0.122 e. The molecule has 0 aliphatic rings. The van der Waals surface area contributed by atoms with Crippen LogP contribution in [-0.4, -0.2) is 23.4 Å². The van der Waals surface area contributed by atoms with E-state index >= 15 is 0 Å². The topological polar surface area (TPSA) is 53.1 Å². The number of hydrogen-bond acceptors (Lipinski definition) is 3. The molecule has 1 aromatic heterocycles. The molecule has 0 fully saturated rings. The third-order valence-electron chi connectivity index (χ3n) is 2.56. The summed E-state index contributed by atoms with van der Waals surface area (Å²) >= 11 is 0. The Morgan fingerprint density at radius 1 is 1.44 bits per heavy atom. The molecule has 0 atom stereocenters. The van der Waals surface area contributed by atoms with Crippen LogP contribution in [0.15, 0.2) is 18.3 Å². The minimum absolute atomic E-state index is 0. The van der Waals surface area contributed by atoms with Crippen molar-refractivity contribution in [3.63, 3.8) is 0 Å². The highest BCUT2D eigenvalue weighted by molar-refractivity contribution is 5.85. The predicted molar refractivity (Wildman–Crippen MR) is 67.3 cm³/mol. The number of aromatic nitrogens is 2. The Balaban J connectivity index is 0.00000128. The minimum atomic E-state index is 0. The van der Waals surface area contributed by atoms with Crippen molar-refractivity contribution < 1.29 is 4.74 Å². The molecule has 88 valence electrons. The van der Waals surface area contributed by atoms with E-state index in [2.05, 4.69) is 11.2 Å². The summed E-state index contributed by atoms with van der Waals surface area (Å²) in [5, 5.41) is 5.29. The first-order valence-corrected chi connectivity index (χ1v) is 4.95. The molecule has 0 amide bonds. The summed E-state index contributed by atoms with van der Waals surface area (Å²) in [5.41, 5.74) is 7.81. The van der Waals surface area contributed by atoms with Crippen molar-refractivity contribution in [2.75, 3.05) is 13.7 Å². The molecule has 0 saturated heterocycles. The molecule has 5 heteroatoms. The molecule has 0 saturated carbocycles. The number of rotatable bonds is 3. The van der Waals surface area contributed by atoms with Gasteiger partial charge in [0.1, 0.15) is 5.75 Å². The third-order valence-corrected chi connectivity index (χ3v) is 2.56. The lowest BCUT2D eigenvalue weighted by Gasteiger charge is -2.08. The van der Waals surface area contributed by atoms with Crippen LogP contribution in [0.25, 0.3) is 10.9 Å². The third kappa shape index (κ3) is 2.13. The molecule has 2 rings (SSSR count). The minimum Gasteiger partial charge on any atom is -0.496 e. The average molecular weight is 242 g/mol. The first kappa shape index (κ1) is 12.8. The molecule has 0 aliphatic carbocycles. The lowest BCUT2D eigenvalue weighted by atomic mass is 10.1. The van der Waals surface area contributed by atoms with Crippen LogP contribution in [0.4, 0.5) is 0 Å². The van der Waals surface area contributed by atoms with Crippen molar-refractivity contribution in [3.8, 4) is 5.75 Å². The van der Waals surface area contributed by atoms with Gasteiger partial charge in [0.2, 0.25) is 0 Å². The van der Waals surface area contributed by atoms with Gasteiger partial charge in [0.05, 0.1) is 18.8 Å². The zero-order valence-electron chi connectivity index (χ0n) is 9.43. The van der Waals surface area contributed by atoms with Crippen LogP contribution in [0.3, 0.4) is 0 Å². The summed E-state index contributed by atoms with van der Waals surface area (Å²) in [6.45, 7) is 0.625. The van der Waals surface area contributed by atoms with E-state index in [1.54, 1.807) is 7.11 Å². The van der Waals surface area contributed by atoms with Gasteiger partial charge in [-0.2, -0.15) is 5.10 Å². The second kappa shape index (κ2) is 5.18. The fourth-order valence-electron chi connectivity index (χ4n) is 1.76. The fourth-order valence-corrected chi connectivity index (χ4v) is 1.76. The molecule has 4 nitrogen and oxygen atoms in total. The Labute approximate surface area is 101 Å². The van der Waals surface area contributed by atoms with E-state index in [0.717, 1.165) is 28.6 Å². The van der Waals surface area contributed by atoms with Crippen LogP contribution in [0, 0.1) is 0 Å². The molecule has 1 aromatic carbocycles. The monoisotopic (exact) mass is 241 g/mol. The standard InChI is InChI=1S/C11H15N3O.ClH/c1-14-10-5-8(3-4-12)11(15-2)6-9(10)7-13-14;/h5-7H,3-4,12H2,1-2H3;1H. The molecule has 0 unspecified atom stereocenters. The van der Waals surface area contributed by atoms with Gasteiger partial charge in [0.25, 0.3) is 0 Å². The Morgan fingerprint density at radius 3 is 2.81 bits per heavy atom. The number of nitrogens with zero attached hydrogens (tertiary/aromatic N) is 2. The Bertz CT molecular complexity index is 481. The highest BCUT2D eigenvalue weighted by Gasteiger charge is 2.07. The Morgan fingerprint density at radius 2 is 2.19 bits per heavy atom. The Kier molecular flexibility index (Phi) is 4.15. The number of benzene rings is 1. The van der Waals surface area contributed by atoms with E-state index in [-0.39, 0.29) is 12.4 Å². The Hall–Kier alpha value is -1.26. The van der Waals surface area contributed by atoms with Crippen LogP contribution in [0.1, 0.15) is 5.56 Å². The molecule has 0 spiro atoms. The molecule has 2 N–H and O–H groups in total. The number of methoxy groups -OCH3 is 1. The summed E-state index contributed by atoms with van der Waals surface area (Å²) in [5.74, 6) is 0.890. The molecule has 0 aliphatic heterocycles. The van der Waals surface area contributed by atoms with Crippen molar-refractivity contribution in [3.05, 3.63) is 23.9 Å². The van der Waals surface area contributed by atoms with E-state index < -0.39 is 0 Å². The van der Waals surface area contributed by atoms with Gasteiger partial charge in [0.15, 0.2) is 0 Å². The summed E-state index contributed by atoms with van der Waals surface area (Å²) in [6.07, 6.45) is 2.66. The number of nitrogens with two attached hydrogens (primary N) is 1. The molecule has 16 heavy (non-hydrogen) atoms. The van der Waals surface area contributed by atoms with Gasteiger partial charge in [0, 0.05) is 12.4 Å². The summed E-state index contributed by atoms with van der Waals surface area (Å²) < 4.78 is 7.18. The quantitative estimate of drug-likeness (QED) is 0.886. The lowest BCUT2D eigenvalue weighted by molar-refractivity contribution is 0.410. The van der Waals surface area contributed by atoms with Crippen LogP contribution in [0.2, 0.25) is 0 Å². The van der Waals surface area contributed by atoms with E-state index in [1.165, 1.54) is 0 Å². The van der Waals surface area contributed by atoms with E-state index in [9.17, 15) is 0 Å². The van der Waals surface area contributed by atoms with Crippen LogP contribution >= 0.6 is 12.4 Å². The highest BCUT2D eigenvalue weighted by atomic mass is 35.5. The second-order valence-corrected chi connectivity index (χ2v) is 3.53. The molecular formula is C11H16ClN3O. The summed E-state index contributed by atoms with van der Waals surface area (Å²) in [6, 6.07) is 4.10. The zero-order chi connectivity index (χ0) is 10.8. The maximum atomic E-state index is 5.56. The highest BCUT2D eigenvalue weighted by Crippen LogP contribution is 2.25. The molecule has 2 aromatic rings. The van der Waals surface area contributed by atoms with Gasteiger partial charge in [-0.25, -0.2) is 0 Å². The van der Waals surface area contributed by atoms with Crippen LogP contribution in [-0.2, 0) is 13.5 Å². The van der Waals surface area contributed by atoms with Crippen molar-refractivity contribution in [2.45, 2.75) is 6.42 Å². The maximum Gasteiger partial charge on any atom is 0.122 e. The predicted octanol–water partition coefficient (Wildman–Crippen LogP) is 1.50. The van der Waals surface area contributed by atoms with Gasteiger partial charge >= 0.3 is 0 Å². The van der Waals surface area contributed by atoms with Crippen molar-refractivity contribution in [2.24, 2.45) is 12.8 Å². The first-order chi connectivity index (χ1) is 7.26. The van der Waals surface area contributed by atoms with Gasteiger partial charge < -0.3 is 10.5 Å².